The van der Waals surface area contributed by atoms with Crippen LogP contribution in [0.5, 0.6) is 5.75 Å². The number of nitrogens with zero attached hydrogens (tertiary/aromatic N) is 4. The van der Waals surface area contributed by atoms with Crippen LogP contribution in [0.1, 0.15) is 17.3 Å². The zero-order valence-electron chi connectivity index (χ0n) is 17.6. The molecule has 1 atom stereocenters. The van der Waals surface area contributed by atoms with Gasteiger partial charge in [-0.2, -0.15) is 0 Å². The molecule has 1 amide bonds. The molecule has 1 aromatic carbocycles. The molecule has 34 heavy (non-hydrogen) atoms. The standard InChI is InChI=1S/C21H20N6O5S2/c28-16-6-4-14(5-7-16)11-18(21(29)25-30)27-13-15(24-26-27)12-23-34(31,32)20-9-8-19(33-20)17-3-1-2-10-22-17/h1-10,13,18,23,28,30H,11-12H2,(H,25,29)/t18-/m1/s1. The summed E-state index contributed by atoms with van der Waals surface area (Å²) in [4.78, 5) is 17.1. The molecule has 4 rings (SSSR count). The van der Waals surface area contributed by atoms with Gasteiger partial charge < -0.3 is 5.11 Å². The number of phenols is 1. The van der Waals surface area contributed by atoms with Crippen LogP contribution in [0, 0.1) is 0 Å². The van der Waals surface area contributed by atoms with Crippen LogP contribution in [0.2, 0.25) is 0 Å². The van der Waals surface area contributed by atoms with Gasteiger partial charge in [0.25, 0.3) is 5.91 Å². The molecule has 4 aromatic rings. The van der Waals surface area contributed by atoms with E-state index in [0.717, 1.165) is 16.2 Å². The number of hydrogen-bond acceptors (Lipinski definition) is 9. The molecule has 0 unspecified atom stereocenters. The van der Waals surface area contributed by atoms with Crippen molar-refractivity contribution in [2.75, 3.05) is 0 Å². The number of carbonyl (C=O) groups is 1. The maximum Gasteiger partial charge on any atom is 0.268 e. The van der Waals surface area contributed by atoms with Gasteiger partial charge in [0, 0.05) is 12.6 Å². The number of hydrogen-bond donors (Lipinski definition) is 4. The van der Waals surface area contributed by atoms with E-state index in [1.165, 1.54) is 29.1 Å². The van der Waals surface area contributed by atoms with Gasteiger partial charge in [0.1, 0.15) is 16.0 Å². The van der Waals surface area contributed by atoms with Crippen LogP contribution in [0.15, 0.2) is 71.2 Å². The highest BCUT2D eigenvalue weighted by Gasteiger charge is 2.23. The third-order valence-electron chi connectivity index (χ3n) is 4.86. The van der Waals surface area contributed by atoms with Gasteiger partial charge in [-0.1, -0.05) is 23.4 Å². The van der Waals surface area contributed by atoms with Crippen LogP contribution in [-0.4, -0.2) is 44.6 Å². The first-order valence-corrected chi connectivity index (χ1v) is 12.3. The predicted molar refractivity (Wildman–Crippen MR) is 122 cm³/mol. The summed E-state index contributed by atoms with van der Waals surface area (Å²) >= 11 is 1.09. The Balaban J connectivity index is 1.45. The largest absolute Gasteiger partial charge is 0.508 e. The molecule has 0 aliphatic heterocycles. The second-order valence-electron chi connectivity index (χ2n) is 7.21. The minimum Gasteiger partial charge on any atom is -0.508 e. The van der Waals surface area contributed by atoms with Gasteiger partial charge in [0.2, 0.25) is 10.0 Å². The number of pyridine rings is 1. The Morgan fingerprint density at radius 1 is 1.12 bits per heavy atom. The molecule has 0 bridgehead atoms. The van der Waals surface area contributed by atoms with Crippen LogP contribution in [0.25, 0.3) is 10.6 Å². The second-order valence-corrected chi connectivity index (χ2v) is 10.3. The van der Waals surface area contributed by atoms with Gasteiger partial charge in [-0.15, -0.1) is 16.4 Å². The van der Waals surface area contributed by atoms with E-state index in [1.807, 2.05) is 6.07 Å². The Morgan fingerprint density at radius 2 is 1.91 bits per heavy atom. The van der Waals surface area contributed by atoms with Crippen molar-refractivity contribution in [3.8, 4) is 16.3 Å². The first-order valence-electron chi connectivity index (χ1n) is 9.99. The van der Waals surface area contributed by atoms with Crippen LogP contribution < -0.4 is 10.2 Å². The number of hydroxylamine groups is 1. The number of aromatic hydroxyl groups is 1. The first-order chi connectivity index (χ1) is 16.4. The monoisotopic (exact) mass is 500 g/mol. The van der Waals surface area contributed by atoms with Crippen molar-refractivity contribution in [2.45, 2.75) is 23.2 Å². The number of sulfonamides is 1. The van der Waals surface area contributed by atoms with E-state index in [0.29, 0.717) is 11.3 Å². The van der Waals surface area contributed by atoms with Crippen molar-refractivity contribution >= 4 is 27.3 Å². The lowest BCUT2D eigenvalue weighted by atomic mass is 10.1. The van der Waals surface area contributed by atoms with E-state index in [2.05, 4.69) is 20.0 Å². The Bertz CT molecular complexity index is 1370. The molecule has 0 aliphatic rings. The number of aromatic nitrogens is 4. The lowest BCUT2D eigenvalue weighted by Crippen LogP contribution is -2.32. The molecule has 3 aromatic heterocycles. The lowest BCUT2D eigenvalue weighted by Gasteiger charge is -2.14. The zero-order valence-corrected chi connectivity index (χ0v) is 19.2. The zero-order chi connectivity index (χ0) is 24.1. The van der Waals surface area contributed by atoms with E-state index >= 15 is 0 Å². The van der Waals surface area contributed by atoms with E-state index in [-0.39, 0.29) is 28.6 Å². The van der Waals surface area contributed by atoms with Crippen molar-refractivity contribution in [3.63, 3.8) is 0 Å². The quantitative estimate of drug-likeness (QED) is 0.200. The molecular weight excluding hydrogens is 480 g/mol. The van der Waals surface area contributed by atoms with Crippen LogP contribution in [0.3, 0.4) is 0 Å². The van der Waals surface area contributed by atoms with Crippen LogP contribution in [-0.2, 0) is 27.8 Å². The Hall–Kier alpha value is -3.65. The number of rotatable bonds is 9. The molecule has 0 saturated heterocycles. The molecule has 4 N–H and O–H groups in total. The Labute approximate surface area is 198 Å². The SMILES string of the molecule is O=C(NO)[C@@H](Cc1ccc(O)cc1)n1cc(CNS(=O)(=O)c2ccc(-c3ccccn3)s2)nn1. The van der Waals surface area contributed by atoms with Gasteiger partial charge in [0.15, 0.2) is 0 Å². The summed E-state index contributed by atoms with van der Waals surface area (Å²) in [6.07, 6.45) is 3.22. The Morgan fingerprint density at radius 3 is 2.62 bits per heavy atom. The number of amides is 1. The summed E-state index contributed by atoms with van der Waals surface area (Å²) in [5, 5.41) is 26.4. The van der Waals surface area contributed by atoms with Crippen LogP contribution >= 0.6 is 11.3 Å². The second kappa shape index (κ2) is 10.1. The molecule has 3 heterocycles. The Kier molecular flexibility index (Phi) is 6.98. The highest BCUT2D eigenvalue weighted by Crippen LogP contribution is 2.29. The lowest BCUT2D eigenvalue weighted by molar-refractivity contribution is -0.133. The average molecular weight is 501 g/mol. The topological polar surface area (TPSA) is 159 Å². The minimum absolute atomic E-state index is 0.0835. The van der Waals surface area contributed by atoms with Gasteiger partial charge in [0.05, 0.1) is 29.0 Å². The fourth-order valence-corrected chi connectivity index (χ4v) is 5.46. The highest BCUT2D eigenvalue weighted by atomic mass is 32.2. The normalized spacial score (nSPS) is 12.4. The fraction of sp³-hybridized carbons (Fsp3) is 0.143. The van der Waals surface area contributed by atoms with Gasteiger partial charge in [-0.3, -0.25) is 15.0 Å². The third kappa shape index (κ3) is 5.46. The first kappa shape index (κ1) is 23.5. The maximum atomic E-state index is 12.7. The van der Waals surface area contributed by atoms with E-state index < -0.39 is 22.0 Å². The van der Waals surface area contributed by atoms with Crippen molar-refractivity contribution < 1.29 is 23.5 Å². The molecule has 13 heteroatoms. The highest BCUT2D eigenvalue weighted by molar-refractivity contribution is 7.91. The van der Waals surface area contributed by atoms with Gasteiger partial charge in [-0.05, 0) is 42.0 Å². The number of nitrogens with one attached hydrogen (secondary N) is 2. The summed E-state index contributed by atoms with van der Waals surface area (Å²) in [7, 11) is -3.81. The number of benzene rings is 1. The fourth-order valence-electron chi connectivity index (χ4n) is 3.13. The molecule has 0 fully saturated rings. The van der Waals surface area contributed by atoms with Crippen molar-refractivity contribution in [3.05, 3.63) is 78.2 Å². The summed E-state index contributed by atoms with van der Waals surface area (Å²) < 4.78 is 29.3. The summed E-state index contributed by atoms with van der Waals surface area (Å²) in [5.74, 6) is -0.633. The third-order valence-corrected chi connectivity index (χ3v) is 7.86. The number of carbonyl (C=O) groups excluding carboxylic acids is 1. The number of thiophene rings is 1. The van der Waals surface area contributed by atoms with E-state index in [9.17, 15) is 18.3 Å². The summed E-state index contributed by atoms with van der Waals surface area (Å²) in [5.41, 5.74) is 3.28. The van der Waals surface area contributed by atoms with Crippen molar-refractivity contribution in [2.24, 2.45) is 0 Å². The molecule has 0 radical (unpaired) electrons. The molecular formula is C21H20N6O5S2. The van der Waals surface area contributed by atoms with Crippen molar-refractivity contribution in [1.29, 1.82) is 0 Å². The molecule has 0 spiro atoms. The molecule has 0 saturated carbocycles. The van der Waals surface area contributed by atoms with Gasteiger partial charge >= 0.3 is 0 Å². The smallest absolute Gasteiger partial charge is 0.268 e. The molecule has 0 aliphatic carbocycles. The summed E-state index contributed by atoms with van der Waals surface area (Å²) in [6, 6.07) is 13.9. The molecule has 176 valence electrons. The minimum atomic E-state index is -3.81. The maximum absolute atomic E-state index is 12.7. The summed E-state index contributed by atoms with van der Waals surface area (Å²) in [6.45, 7) is -0.147. The van der Waals surface area contributed by atoms with Crippen molar-refractivity contribution in [1.82, 2.24) is 30.2 Å². The number of phenolic OH excluding ortho intramolecular Hbond substituents is 1. The molecule has 11 nitrogen and oxygen atoms in total. The van der Waals surface area contributed by atoms with Crippen LogP contribution in [0.4, 0.5) is 0 Å². The predicted octanol–water partition coefficient (Wildman–Crippen LogP) is 1.87. The van der Waals surface area contributed by atoms with E-state index in [1.54, 1.807) is 42.0 Å². The van der Waals surface area contributed by atoms with Gasteiger partial charge in [-0.25, -0.2) is 23.3 Å². The van der Waals surface area contributed by atoms with E-state index in [4.69, 9.17) is 5.21 Å². The average Bonchev–Trinajstić information content (AvgIpc) is 3.53.